The third kappa shape index (κ3) is 13.5. The number of benzene rings is 3. The molecule has 0 unspecified atom stereocenters. The van der Waals surface area contributed by atoms with Crippen molar-refractivity contribution in [3.8, 4) is 5.75 Å². The fourth-order valence-electron chi connectivity index (χ4n) is 6.87. The van der Waals surface area contributed by atoms with Crippen molar-refractivity contribution in [2.24, 2.45) is 33.8 Å². The van der Waals surface area contributed by atoms with Gasteiger partial charge in [0.05, 0.1) is 12.6 Å². The summed E-state index contributed by atoms with van der Waals surface area (Å²) in [5.41, 5.74) is 23.9. The van der Waals surface area contributed by atoms with Crippen LogP contribution in [0.5, 0.6) is 5.75 Å². The Hall–Kier alpha value is -6.23. The van der Waals surface area contributed by atoms with Crippen LogP contribution in [0.3, 0.4) is 0 Å². The molecular formula is C41H56N10O7. The van der Waals surface area contributed by atoms with Gasteiger partial charge in [0.15, 0.2) is 5.96 Å². The lowest BCUT2D eigenvalue weighted by molar-refractivity contribution is -0.142. The van der Waals surface area contributed by atoms with E-state index in [2.05, 4.69) is 26.3 Å². The van der Waals surface area contributed by atoms with Gasteiger partial charge in [-0.05, 0) is 78.5 Å². The Morgan fingerprint density at radius 2 is 1.45 bits per heavy atom. The lowest BCUT2D eigenvalue weighted by Gasteiger charge is -2.30. The Balaban J connectivity index is 1.57. The van der Waals surface area contributed by atoms with E-state index in [1.54, 1.807) is 12.1 Å². The maximum Gasteiger partial charge on any atom is 0.245 e. The fourth-order valence-corrected chi connectivity index (χ4v) is 6.87. The minimum Gasteiger partial charge on any atom is -0.508 e. The van der Waals surface area contributed by atoms with Gasteiger partial charge in [-0.25, -0.2) is 0 Å². The van der Waals surface area contributed by atoms with Crippen LogP contribution >= 0.6 is 0 Å². The predicted molar refractivity (Wildman–Crippen MR) is 220 cm³/mol. The van der Waals surface area contributed by atoms with Gasteiger partial charge in [0.2, 0.25) is 35.4 Å². The number of primary amides is 1. The summed E-state index contributed by atoms with van der Waals surface area (Å²) in [4.78, 5) is 85.5. The van der Waals surface area contributed by atoms with Gasteiger partial charge >= 0.3 is 0 Å². The second-order valence-corrected chi connectivity index (χ2v) is 15.0. The molecule has 1 aliphatic heterocycles. The summed E-state index contributed by atoms with van der Waals surface area (Å²) in [6.45, 7) is 3.77. The highest BCUT2D eigenvalue weighted by Crippen LogP contribution is 2.21. The van der Waals surface area contributed by atoms with E-state index in [0.717, 1.165) is 16.3 Å². The Bertz CT molecular complexity index is 1950. The molecule has 3 aromatic rings. The molecule has 6 amide bonds. The van der Waals surface area contributed by atoms with Crippen LogP contribution in [0.2, 0.25) is 0 Å². The van der Waals surface area contributed by atoms with Crippen molar-refractivity contribution in [1.29, 1.82) is 0 Å². The average Bonchev–Trinajstić information content (AvgIpc) is 3.68. The summed E-state index contributed by atoms with van der Waals surface area (Å²) >= 11 is 0. The van der Waals surface area contributed by atoms with Gasteiger partial charge in [0.1, 0.15) is 29.9 Å². The molecule has 0 spiro atoms. The molecule has 312 valence electrons. The Kier molecular flexibility index (Phi) is 16.4. The first kappa shape index (κ1) is 44.5. The Morgan fingerprint density at radius 3 is 2.12 bits per heavy atom. The lowest BCUT2D eigenvalue weighted by atomic mass is 9.98. The molecule has 0 bridgehead atoms. The number of nitrogens with zero attached hydrogens (tertiary/aromatic N) is 2. The van der Waals surface area contributed by atoms with Crippen LogP contribution < -0.4 is 44.2 Å². The number of phenols is 1. The number of carbonyl (C=O) groups excluding carboxylic acids is 6. The predicted octanol–water partition coefficient (Wildman–Crippen LogP) is -0.195. The van der Waals surface area contributed by atoms with Crippen molar-refractivity contribution >= 4 is 52.2 Å². The van der Waals surface area contributed by atoms with Gasteiger partial charge in [-0.1, -0.05) is 68.4 Å². The van der Waals surface area contributed by atoms with Gasteiger partial charge in [-0.2, -0.15) is 0 Å². The summed E-state index contributed by atoms with van der Waals surface area (Å²) in [7, 11) is 0. The Morgan fingerprint density at radius 1 is 0.810 bits per heavy atom. The number of phenolic OH excluding ortho intramolecular Hbond substituents is 1. The van der Waals surface area contributed by atoms with E-state index in [4.69, 9.17) is 22.9 Å². The molecule has 1 saturated heterocycles. The summed E-state index contributed by atoms with van der Waals surface area (Å²) in [5, 5.41) is 22.5. The van der Waals surface area contributed by atoms with E-state index in [0.29, 0.717) is 24.8 Å². The van der Waals surface area contributed by atoms with E-state index in [1.807, 2.05) is 56.3 Å². The highest BCUT2D eigenvalue weighted by molar-refractivity contribution is 5.96. The molecule has 4 rings (SSSR count). The molecule has 17 heteroatoms. The maximum absolute atomic E-state index is 14.2. The summed E-state index contributed by atoms with van der Waals surface area (Å²) < 4.78 is 0. The molecule has 0 aliphatic carbocycles. The molecule has 3 aromatic carbocycles. The minimum absolute atomic E-state index is 0.0696. The Labute approximate surface area is 337 Å². The van der Waals surface area contributed by atoms with E-state index < -0.39 is 65.7 Å². The van der Waals surface area contributed by atoms with Crippen LogP contribution in [0.15, 0.2) is 71.7 Å². The highest BCUT2D eigenvalue weighted by atomic mass is 16.3. The van der Waals surface area contributed by atoms with Crippen molar-refractivity contribution < 1.29 is 33.9 Å². The van der Waals surface area contributed by atoms with Gasteiger partial charge in [-0.3, -0.25) is 33.8 Å². The van der Waals surface area contributed by atoms with Gasteiger partial charge in [0.25, 0.3) is 0 Å². The van der Waals surface area contributed by atoms with Crippen molar-refractivity contribution in [1.82, 2.24) is 26.2 Å². The van der Waals surface area contributed by atoms with Crippen molar-refractivity contribution in [3.05, 3.63) is 77.9 Å². The number of hydrogen-bond donors (Lipinski definition) is 9. The highest BCUT2D eigenvalue weighted by Gasteiger charge is 2.38. The van der Waals surface area contributed by atoms with Crippen LogP contribution in [0, 0.1) is 5.92 Å². The standard InChI is InChI=1S/C41H56N10O7/c1-24(2)19-32(37(55)48-31(9-5-17-46-41(44)45)40(58)51-18-6-10-34(51)39(57)47-23-35(43)53)50-38(56)33(22-26-11-14-27-7-3-4-8-28(27)20-26)49-36(54)30(42)21-25-12-15-29(52)16-13-25/h3-4,7-8,11-16,20,24,30-34,52H,5-6,9-10,17-19,21-23,42H2,1-2H3,(H2,43,53)(H,47,57)(H,48,55)(H,49,54)(H,50,56)(H4,44,45,46)/t30-,31-,32-,33+,34-/m0/s1. The molecule has 0 aromatic heterocycles. The first-order valence-corrected chi connectivity index (χ1v) is 19.5. The summed E-state index contributed by atoms with van der Waals surface area (Å²) in [6, 6.07) is 14.4. The zero-order chi connectivity index (χ0) is 42.4. The molecule has 5 atom stereocenters. The quantitative estimate of drug-likeness (QED) is 0.0412. The summed E-state index contributed by atoms with van der Waals surface area (Å²) in [5.74, 6) is -3.82. The normalized spacial score (nSPS) is 15.8. The topological polar surface area (TPSA) is 290 Å². The smallest absolute Gasteiger partial charge is 0.245 e. The number of aliphatic imine (C=N–C) groups is 1. The molecule has 1 heterocycles. The number of fused-ring (bicyclic) bond motifs is 1. The number of hydrogen-bond acceptors (Lipinski definition) is 9. The van der Waals surface area contributed by atoms with Gasteiger partial charge < -0.3 is 54.2 Å². The van der Waals surface area contributed by atoms with E-state index in [9.17, 15) is 33.9 Å². The number of rotatable bonds is 20. The number of nitrogens with two attached hydrogens (primary N) is 4. The van der Waals surface area contributed by atoms with E-state index in [-0.39, 0.29) is 62.9 Å². The van der Waals surface area contributed by atoms with Crippen LogP contribution in [0.1, 0.15) is 57.1 Å². The number of aromatic hydroxyl groups is 1. The largest absolute Gasteiger partial charge is 0.508 e. The van der Waals surface area contributed by atoms with E-state index in [1.165, 1.54) is 17.0 Å². The number of nitrogens with one attached hydrogen (secondary N) is 4. The number of likely N-dealkylation sites (tertiary alicyclic amines) is 1. The third-order valence-corrected chi connectivity index (χ3v) is 9.79. The molecular weight excluding hydrogens is 745 g/mol. The molecule has 1 fully saturated rings. The molecule has 0 saturated carbocycles. The SMILES string of the molecule is CC(C)C[C@H](NC(=O)[C@@H](Cc1ccc2ccccc2c1)NC(=O)[C@@H](N)Cc1ccc(O)cc1)C(=O)N[C@@H](CCCN=C(N)N)C(=O)N1CCC[C@H]1C(=O)NCC(N)=O. The zero-order valence-corrected chi connectivity index (χ0v) is 33.0. The summed E-state index contributed by atoms with van der Waals surface area (Å²) in [6.07, 6.45) is 1.67. The number of carbonyl (C=O) groups is 6. The first-order chi connectivity index (χ1) is 27.6. The molecule has 58 heavy (non-hydrogen) atoms. The molecule has 1 aliphatic rings. The molecule has 0 radical (unpaired) electrons. The molecule has 13 N–H and O–H groups in total. The van der Waals surface area contributed by atoms with Crippen molar-refractivity contribution in [2.75, 3.05) is 19.6 Å². The average molecular weight is 801 g/mol. The molecule has 17 nitrogen and oxygen atoms in total. The lowest BCUT2D eigenvalue weighted by Crippen LogP contribution is -2.59. The van der Waals surface area contributed by atoms with Crippen molar-refractivity contribution in [2.45, 2.75) is 89.0 Å². The van der Waals surface area contributed by atoms with Crippen LogP contribution in [0.25, 0.3) is 10.8 Å². The first-order valence-electron chi connectivity index (χ1n) is 19.5. The van der Waals surface area contributed by atoms with Crippen LogP contribution in [-0.4, -0.2) is 101 Å². The number of guanidine groups is 1. The van der Waals surface area contributed by atoms with Crippen LogP contribution in [0.4, 0.5) is 0 Å². The second-order valence-electron chi connectivity index (χ2n) is 15.0. The number of amides is 6. The third-order valence-electron chi connectivity index (χ3n) is 9.79. The van der Waals surface area contributed by atoms with Gasteiger partial charge in [0, 0.05) is 19.5 Å². The minimum atomic E-state index is -1.15. The van der Waals surface area contributed by atoms with E-state index >= 15 is 0 Å². The maximum atomic E-state index is 14.2. The zero-order valence-electron chi connectivity index (χ0n) is 33.0. The van der Waals surface area contributed by atoms with Crippen molar-refractivity contribution in [3.63, 3.8) is 0 Å². The fraction of sp³-hybridized carbons (Fsp3) is 0.439. The second kappa shape index (κ2) is 21.3. The van der Waals surface area contributed by atoms with Gasteiger partial charge in [-0.15, -0.1) is 0 Å². The van der Waals surface area contributed by atoms with Crippen LogP contribution in [-0.2, 0) is 41.6 Å². The monoisotopic (exact) mass is 800 g/mol.